The summed E-state index contributed by atoms with van der Waals surface area (Å²) in [6, 6.07) is 7.82. The second kappa shape index (κ2) is 3.81. The molecule has 1 aromatic heterocycles. The maximum atomic E-state index is 10.9. The zero-order valence-corrected chi connectivity index (χ0v) is 9.14. The summed E-state index contributed by atoms with van der Waals surface area (Å²) in [5.41, 5.74) is 2.74. The fourth-order valence-electron chi connectivity index (χ4n) is 1.61. The third kappa shape index (κ3) is 1.82. The molecule has 0 fully saturated rings. The quantitative estimate of drug-likeness (QED) is 0.836. The van der Waals surface area contributed by atoms with Gasteiger partial charge in [-0.1, -0.05) is 23.8 Å². The summed E-state index contributed by atoms with van der Waals surface area (Å²) in [6.45, 7) is 1.99. The number of aromatic nitrogens is 2. The molecule has 4 heteroatoms. The van der Waals surface area contributed by atoms with Crippen LogP contribution in [0, 0.1) is 6.92 Å². The number of hydrogen-bond donors (Lipinski definition) is 1. The summed E-state index contributed by atoms with van der Waals surface area (Å²) in [5, 5.41) is 8.90. The average Bonchev–Trinajstić information content (AvgIpc) is 2.60. The zero-order chi connectivity index (χ0) is 11.7. The molecule has 0 amide bonds. The molecule has 0 unspecified atom stereocenters. The van der Waals surface area contributed by atoms with Gasteiger partial charge in [0.1, 0.15) is 0 Å². The molecular formula is C12H12N2O2. The van der Waals surface area contributed by atoms with Gasteiger partial charge in [-0.25, -0.2) is 9.78 Å². The van der Waals surface area contributed by atoms with Gasteiger partial charge in [0.2, 0.25) is 5.82 Å². The molecule has 1 heterocycles. The van der Waals surface area contributed by atoms with E-state index in [-0.39, 0.29) is 5.82 Å². The van der Waals surface area contributed by atoms with Gasteiger partial charge in [0.05, 0.1) is 5.69 Å². The number of carboxylic acid groups (broad SMARTS) is 1. The van der Waals surface area contributed by atoms with Crippen LogP contribution in [0.5, 0.6) is 0 Å². The van der Waals surface area contributed by atoms with Gasteiger partial charge < -0.3 is 9.67 Å². The van der Waals surface area contributed by atoms with Gasteiger partial charge in [-0.05, 0) is 13.0 Å². The van der Waals surface area contributed by atoms with E-state index >= 15 is 0 Å². The standard InChI is InChI=1S/C12H12N2O2/c1-8-4-3-5-9(6-8)10-7-14(2)11(13-10)12(15)16/h3-7H,1-2H3,(H,15,16). The first kappa shape index (κ1) is 10.4. The Morgan fingerprint density at radius 2 is 2.19 bits per heavy atom. The van der Waals surface area contributed by atoms with E-state index in [1.165, 1.54) is 4.57 Å². The van der Waals surface area contributed by atoms with E-state index < -0.39 is 5.97 Å². The van der Waals surface area contributed by atoms with Crippen molar-refractivity contribution in [2.75, 3.05) is 0 Å². The second-order valence-electron chi connectivity index (χ2n) is 3.74. The minimum absolute atomic E-state index is 0.0523. The van der Waals surface area contributed by atoms with E-state index in [0.717, 1.165) is 11.1 Å². The van der Waals surface area contributed by atoms with E-state index in [1.54, 1.807) is 13.2 Å². The van der Waals surface area contributed by atoms with Crippen molar-refractivity contribution < 1.29 is 9.90 Å². The smallest absolute Gasteiger partial charge is 0.372 e. The van der Waals surface area contributed by atoms with Crippen molar-refractivity contribution in [3.8, 4) is 11.3 Å². The van der Waals surface area contributed by atoms with Crippen LogP contribution >= 0.6 is 0 Å². The molecule has 0 aliphatic rings. The van der Waals surface area contributed by atoms with Crippen LogP contribution in [-0.4, -0.2) is 20.6 Å². The Bertz CT molecular complexity index is 544. The Hall–Kier alpha value is -2.10. The Balaban J connectivity index is 2.49. The van der Waals surface area contributed by atoms with Gasteiger partial charge in [-0.3, -0.25) is 0 Å². The number of carbonyl (C=O) groups is 1. The highest BCUT2D eigenvalue weighted by molar-refractivity contribution is 5.84. The molecule has 2 aromatic rings. The molecule has 0 aliphatic heterocycles. The molecule has 2 rings (SSSR count). The molecule has 0 bridgehead atoms. The normalized spacial score (nSPS) is 10.4. The predicted octanol–water partition coefficient (Wildman–Crippen LogP) is 2.09. The minimum atomic E-state index is -1.01. The fourth-order valence-corrected chi connectivity index (χ4v) is 1.61. The van der Waals surface area contributed by atoms with E-state index in [1.807, 2.05) is 31.2 Å². The summed E-state index contributed by atoms with van der Waals surface area (Å²) in [4.78, 5) is 14.9. The molecule has 0 atom stereocenters. The number of aromatic carboxylic acids is 1. The number of aryl methyl sites for hydroxylation is 2. The van der Waals surface area contributed by atoms with Crippen molar-refractivity contribution >= 4 is 5.97 Å². The SMILES string of the molecule is Cc1cccc(-c2cn(C)c(C(=O)O)n2)c1. The Morgan fingerprint density at radius 1 is 1.44 bits per heavy atom. The fraction of sp³-hybridized carbons (Fsp3) is 0.167. The third-order valence-electron chi connectivity index (χ3n) is 2.38. The van der Waals surface area contributed by atoms with E-state index in [2.05, 4.69) is 4.98 Å². The van der Waals surface area contributed by atoms with Crippen molar-refractivity contribution in [2.24, 2.45) is 7.05 Å². The van der Waals surface area contributed by atoms with Crippen LogP contribution < -0.4 is 0 Å². The van der Waals surface area contributed by atoms with Crippen LogP contribution in [0.25, 0.3) is 11.3 Å². The lowest BCUT2D eigenvalue weighted by atomic mass is 10.1. The molecule has 82 valence electrons. The number of imidazole rings is 1. The number of hydrogen-bond acceptors (Lipinski definition) is 2. The van der Waals surface area contributed by atoms with Gasteiger partial charge in [-0.15, -0.1) is 0 Å². The summed E-state index contributed by atoms with van der Waals surface area (Å²) < 4.78 is 1.51. The van der Waals surface area contributed by atoms with Crippen LogP contribution in [0.4, 0.5) is 0 Å². The summed E-state index contributed by atoms with van der Waals surface area (Å²) >= 11 is 0. The number of benzene rings is 1. The summed E-state index contributed by atoms with van der Waals surface area (Å²) in [7, 11) is 1.68. The number of carboxylic acids is 1. The first-order valence-corrected chi connectivity index (χ1v) is 4.91. The van der Waals surface area contributed by atoms with Gasteiger partial charge in [-0.2, -0.15) is 0 Å². The van der Waals surface area contributed by atoms with Crippen molar-refractivity contribution in [1.82, 2.24) is 9.55 Å². The van der Waals surface area contributed by atoms with Crippen LogP contribution in [0.1, 0.15) is 16.2 Å². The molecule has 0 aliphatic carbocycles. The molecule has 0 saturated heterocycles. The largest absolute Gasteiger partial charge is 0.475 e. The lowest BCUT2D eigenvalue weighted by Gasteiger charge is -1.97. The lowest BCUT2D eigenvalue weighted by molar-refractivity contribution is 0.0680. The van der Waals surface area contributed by atoms with Crippen molar-refractivity contribution in [3.63, 3.8) is 0 Å². The molecule has 16 heavy (non-hydrogen) atoms. The maximum Gasteiger partial charge on any atom is 0.372 e. The van der Waals surface area contributed by atoms with E-state index in [4.69, 9.17) is 5.11 Å². The topological polar surface area (TPSA) is 55.1 Å². The average molecular weight is 216 g/mol. The first-order chi connectivity index (χ1) is 7.58. The number of rotatable bonds is 2. The minimum Gasteiger partial charge on any atom is -0.475 e. The van der Waals surface area contributed by atoms with E-state index in [0.29, 0.717) is 5.69 Å². The van der Waals surface area contributed by atoms with E-state index in [9.17, 15) is 4.79 Å². The highest BCUT2D eigenvalue weighted by Gasteiger charge is 2.12. The van der Waals surface area contributed by atoms with Crippen molar-refractivity contribution in [1.29, 1.82) is 0 Å². The zero-order valence-electron chi connectivity index (χ0n) is 9.14. The monoisotopic (exact) mass is 216 g/mol. The summed E-state index contributed by atoms with van der Waals surface area (Å²) in [6.07, 6.45) is 1.72. The van der Waals surface area contributed by atoms with Crippen LogP contribution in [0.3, 0.4) is 0 Å². The van der Waals surface area contributed by atoms with Gasteiger partial charge in [0.25, 0.3) is 0 Å². The molecule has 1 aromatic carbocycles. The molecule has 1 N–H and O–H groups in total. The predicted molar refractivity (Wildman–Crippen MR) is 60.3 cm³/mol. The summed E-state index contributed by atoms with van der Waals surface area (Å²) in [5.74, 6) is -0.960. The first-order valence-electron chi connectivity index (χ1n) is 4.91. The molecule has 0 spiro atoms. The Kier molecular flexibility index (Phi) is 2.48. The Labute approximate surface area is 93.2 Å². The molecule has 4 nitrogen and oxygen atoms in total. The van der Waals surface area contributed by atoms with Gasteiger partial charge in [0, 0.05) is 18.8 Å². The number of nitrogens with zero attached hydrogens (tertiary/aromatic N) is 2. The van der Waals surface area contributed by atoms with Crippen LogP contribution in [0.2, 0.25) is 0 Å². The Morgan fingerprint density at radius 3 is 2.75 bits per heavy atom. The van der Waals surface area contributed by atoms with Gasteiger partial charge >= 0.3 is 5.97 Å². The van der Waals surface area contributed by atoms with Crippen molar-refractivity contribution in [2.45, 2.75) is 6.92 Å². The van der Waals surface area contributed by atoms with Crippen LogP contribution in [-0.2, 0) is 7.05 Å². The molecule has 0 saturated carbocycles. The lowest BCUT2D eigenvalue weighted by Crippen LogP contribution is -2.04. The molecular weight excluding hydrogens is 204 g/mol. The third-order valence-corrected chi connectivity index (χ3v) is 2.38. The van der Waals surface area contributed by atoms with Crippen molar-refractivity contribution in [3.05, 3.63) is 41.9 Å². The van der Waals surface area contributed by atoms with Gasteiger partial charge in [0.15, 0.2) is 0 Å². The van der Waals surface area contributed by atoms with Crippen LogP contribution in [0.15, 0.2) is 30.5 Å². The second-order valence-corrected chi connectivity index (χ2v) is 3.74. The maximum absolute atomic E-state index is 10.9. The molecule has 0 radical (unpaired) electrons. The highest BCUT2D eigenvalue weighted by atomic mass is 16.4. The highest BCUT2D eigenvalue weighted by Crippen LogP contribution is 2.19.